The Hall–Kier alpha value is -1.53. The maximum absolute atomic E-state index is 6.28. The molecular weight excluding hydrogens is 348 g/mol. The number of halogens is 1. The minimum Gasteiger partial charge on any atom is -0.357 e. The summed E-state index contributed by atoms with van der Waals surface area (Å²) < 4.78 is 0. The second kappa shape index (κ2) is 10.6. The number of aromatic nitrogens is 1. The fraction of sp³-hybridized carbons (Fsp3) is 0.684. The summed E-state index contributed by atoms with van der Waals surface area (Å²) in [6.07, 6.45) is 2.84. The van der Waals surface area contributed by atoms with Crippen LogP contribution in [0.3, 0.4) is 0 Å². The molecule has 2 N–H and O–H groups in total. The first kappa shape index (κ1) is 20.8. The van der Waals surface area contributed by atoms with Crippen molar-refractivity contribution < 1.29 is 0 Å². The Labute approximate surface area is 163 Å². The lowest BCUT2D eigenvalue weighted by Gasteiger charge is -2.25. The molecule has 26 heavy (non-hydrogen) atoms. The van der Waals surface area contributed by atoms with Crippen molar-refractivity contribution >= 4 is 23.4 Å². The van der Waals surface area contributed by atoms with E-state index in [2.05, 4.69) is 53.1 Å². The standard InChI is InChI=1S/C19H33ClN6/c1-5-21-19(23-13-15(4)25(6-2)7-3)24-16-10-12-26(14-16)18-17(20)9-8-11-22-18/h8-9,11,15-16H,5-7,10,12-14H2,1-4H3,(H2,21,23,24). The molecule has 146 valence electrons. The van der Waals surface area contributed by atoms with E-state index >= 15 is 0 Å². The van der Waals surface area contributed by atoms with Crippen LogP contribution in [0.5, 0.6) is 0 Å². The van der Waals surface area contributed by atoms with E-state index in [1.807, 2.05) is 12.1 Å². The number of hydrogen-bond donors (Lipinski definition) is 2. The molecule has 2 unspecified atom stereocenters. The van der Waals surface area contributed by atoms with E-state index in [1.165, 1.54) is 0 Å². The van der Waals surface area contributed by atoms with E-state index in [4.69, 9.17) is 16.6 Å². The van der Waals surface area contributed by atoms with Crippen LogP contribution in [0.2, 0.25) is 5.02 Å². The Bertz CT molecular complexity index is 575. The summed E-state index contributed by atoms with van der Waals surface area (Å²) in [4.78, 5) is 13.9. The van der Waals surface area contributed by atoms with Crippen LogP contribution in [0.4, 0.5) is 5.82 Å². The van der Waals surface area contributed by atoms with Gasteiger partial charge in [-0.05, 0) is 45.5 Å². The molecule has 7 heteroatoms. The van der Waals surface area contributed by atoms with Crippen molar-refractivity contribution in [1.29, 1.82) is 0 Å². The smallest absolute Gasteiger partial charge is 0.191 e. The van der Waals surface area contributed by atoms with Crippen molar-refractivity contribution in [3.63, 3.8) is 0 Å². The molecule has 1 aromatic rings. The lowest BCUT2D eigenvalue weighted by Crippen LogP contribution is -2.45. The van der Waals surface area contributed by atoms with Gasteiger partial charge in [-0.15, -0.1) is 0 Å². The molecule has 0 saturated carbocycles. The maximum Gasteiger partial charge on any atom is 0.191 e. The van der Waals surface area contributed by atoms with Gasteiger partial charge in [-0.25, -0.2) is 4.98 Å². The maximum atomic E-state index is 6.28. The van der Waals surface area contributed by atoms with Crippen molar-refractivity contribution in [2.75, 3.05) is 44.2 Å². The summed E-state index contributed by atoms with van der Waals surface area (Å²) in [6.45, 7) is 14.3. The molecule has 0 aromatic carbocycles. The zero-order chi connectivity index (χ0) is 18.9. The highest BCUT2D eigenvalue weighted by Crippen LogP contribution is 2.25. The highest BCUT2D eigenvalue weighted by molar-refractivity contribution is 6.32. The number of anilines is 1. The molecule has 1 aromatic heterocycles. The SMILES string of the molecule is CCNC(=NCC(C)N(CC)CC)NC1CCN(c2ncccc2Cl)C1. The van der Waals surface area contributed by atoms with Gasteiger partial charge in [0.25, 0.3) is 0 Å². The molecule has 1 aliphatic heterocycles. The number of aliphatic imine (C=N–C) groups is 1. The number of rotatable bonds is 8. The summed E-state index contributed by atoms with van der Waals surface area (Å²) in [5, 5.41) is 7.65. The third-order valence-electron chi connectivity index (χ3n) is 4.86. The molecule has 0 aliphatic carbocycles. The van der Waals surface area contributed by atoms with Gasteiger partial charge in [0.1, 0.15) is 5.82 Å². The normalized spacial score (nSPS) is 19.1. The van der Waals surface area contributed by atoms with E-state index in [9.17, 15) is 0 Å². The molecule has 1 saturated heterocycles. The lowest BCUT2D eigenvalue weighted by atomic mass is 10.2. The molecule has 0 spiro atoms. The monoisotopic (exact) mass is 380 g/mol. The molecular formula is C19H33ClN6. The molecule has 1 fully saturated rings. The fourth-order valence-corrected chi connectivity index (χ4v) is 3.62. The van der Waals surface area contributed by atoms with Crippen LogP contribution in [0.15, 0.2) is 23.3 Å². The molecule has 2 rings (SSSR count). The van der Waals surface area contributed by atoms with Crippen molar-refractivity contribution in [3.05, 3.63) is 23.4 Å². The van der Waals surface area contributed by atoms with Crippen LogP contribution >= 0.6 is 11.6 Å². The van der Waals surface area contributed by atoms with Gasteiger partial charge in [-0.1, -0.05) is 25.4 Å². The van der Waals surface area contributed by atoms with E-state index in [0.717, 1.165) is 57.5 Å². The minimum absolute atomic E-state index is 0.342. The van der Waals surface area contributed by atoms with Gasteiger partial charge in [0.05, 0.1) is 11.6 Å². The molecule has 6 nitrogen and oxygen atoms in total. The first-order chi connectivity index (χ1) is 12.6. The van der Waals surface area contributed by atoms with Gasteiger partial charge in [0, 0.05) is 37.9 Å². The van der Waals surface area contributed by atoms with Crippen molar-refractivity contribution in [3.8, 4) is 0 Å². The Morgan fingerprint density at radius 2 is 2.19 bits per heavy atom. The molecule has 0 radical (unpaired) electrons. The summed E-state index contributed by atoms with van der Waals surface area (Å²) in [5.74, 6) is 1.76. The molecule has 0 bridgehead atoms. The lowest BCUT2D eigenvalue weighted by molar-refractivity contribution is 0.237. The second-order valence-electron chi connectivity index (χ2n) is 6.67. The quantitative estimate of drug-likeness (QED) is 0.536. The third-order valence-corrected chi connectivity index (χ3v) is 5.16. The third kappa shape index (κ3) is 5.74. The van der Waals surface area contributed by atoms with Gasteiger partial charge in [0.15, 0.2) is 5.96 Å². The second-order valence-corrected chi connectivity index (χ2v) is 7.08. The van der Waals surface area contributed by atoms with E-state index in [-0.39, 0.29) is 0 Å². The molecule has 1 aliphatic rings. The molecule has 2 atom stereocenters. The zero-order valence-corrected chi connectivity index (χ0v) is 17.3. The topological polar surface area (TPSA) is 55.8 Å². The minimum atomic E-state index is 0.342. The summed E-state index contributed by atoms with van der Waals surface area (Å²) >= 11 is 6.28. The van der Waals surface area contributed by atoms with E-state index in [1.54, 1.807) is 6.20 Å². The summed E-state index contributed by atoms with van der Waals surface area (Å²) in [6, 6.07) is 4.54. The highest BCUT2D eigenvalue weighted by Gasteiger charge is 2.25. The Balaban J connectivity index is 1.93. The number of likely N-dealkylation sites (N-methyl/N-ethyl adjacent to an activating group) is 1. The van der Waals surface area contributed by atoms with E-state index < -0.39 is 0 Å². The number of guanidine groups is 1. The predicted octanol–water partition coefficient (Wildman–Crippen LogP) is 2.60. The first-order valence-corrected chi connectivity index (χ1v) is 10.1. The molecule has 0 amide bonds. The van der Waals surface area contributed by atoms with Gasteiger partial charge in [0.2, 0.25) is 0 Å². The Morgan fingerprint density at radius 1 is 1.42 bits per heavy atom. The Kier molecular flexibility index (Phi) is 8.45. The number of pyridine rings is 1. The average molecular weight is 381 g/mol. The van der Waals surface area contributed by atoms with Crippen LogP contribution in [0.25, 0.3) is 0 Å². The van der Waals surface area contributed by atoms with Crippen molar-refractivity contribution in [2.24, 2.45) is 4.99 Å². The number of nitrogens with one attached hydrogen (secondary N) is 2. The summed E-state index contributed by atoms with van der Waals surface area (Å²) in [5.41, 5.74) is 0. The van der Waals surface area contributed by atoms with Crippen LogP contribution in [0, 0.1) is 0 Å². The summed E-state index contributed by atoms with van der Waals surface area (Å²) in [7, 11) is 0. The highest BCUT2D eigenvalue weighted by atomic mass is 35.5. The van der Waals surface area contributed by atoms with Gasteiger partial charge in [-0.2, -0.15) is 0 Å². The van der Waals surface area contributed by atoms with Gasteiger partial charge < -0.3 is 15.5 Å². The first-order valence-electron chi connectivity index (χ1n) is 9.73. The zero-order valence-electron chi connectivity index (χ0n) is 16.5. The van der Waals surface area contributed by atoms with Crippen LogP contribution in [-0.4, -0.2) is 67.2 Å². The average Bonchev–Trinajstić information content (AvgIpc) is 3.09. The largest absolute Gasteiger partial charge is 0.357 e. The van der Waals surface area contributed by atoms with Gasteiger partial charge in [-0.3, -0.25) is 9.89 Å². The number of nitrogens with zero attached hydrogens (tertiary/aromatic N) is 4. The van der Waals surface area contributed by atoms with Crippen molar-refractivity contribution in [2.45, 2.75) is 46.2 Å². The fourth-order valence-electron chi connectivity index (χ4n) is 3.38. The predicted molar refractivity (Wildman–Crippen MR) is 111 cm³/mol. The van der Waals surface area contributed by atoms with Crippen molar-refractivity contribution in [1.82, 2.24) is 20.5 Å². The van der Waals surface area contributed by atoms with E-state index in [0.29, 0.717) is 17.1 Å². The molecule has 2 heterocycles. The van der Waals surface area contributed by atoms with Crippen LogP contribution in [-0.2, 0) is 0 Å². The number of hydrogen-bond acceptors (Lipinski definition) is 4. The van der Waals surface area contributed by atoms with Gasteiger partial charge >= 0.3 is 0 Å². The van der Waals surface area contributed by atoms with Crippen LogP contribution < -0.4 is 15.5 Å². The van der Waals surface area contributed by atoms with Crippen LogP contribution in [0.1, 0.15) is 34.1 Å². The Morgan fingerprint density at radius 3 is 2.85 bits per heavy atom.